The Hall–Kier alpha value is -4.30. The number of methoxy groups -OCH3 is 1. The van der Waals surface area contributed by atoms with E-state index in [1.807, 2.05) is 66.9 Å². The van der Waals surface area contributed by atoms with Gasteiger partial charge in [0.25, 0.3) is 0 Å². The van der Waals surface area contributed by atoms with E-state index in [0.717, 1.165) is 73.5 Å². The van der Waals surface area contributed by atoms with Gasteiger partial charge in [-0.3, -0.25) is 9.78 Å². The Kier molecular flexibility index (Phi) is 7.19. The molecular formula is C31H31N5O3. The first-order valence-electron chi connectivity index (χ1n) is 13.4. The van der Waals surface area contributed by atoms with E-state index < -0.39 is 0 Å². The molecule has 0 spiro atoms. The van der Waals surface area contributed by atoms with Gasteiger partial charge < -0.3 is 18.7 Å². The summed E-state index contributed by atoms with van der Waals surface area (Å²) >= 11 is 0. The van der Waals surface area contributed by atoms with Crippen LogP contribution in [0.25, 0.3) is 22.3 Å². The number of aryl methyl sites for hydroxylation is 1. The zero-order valence-corrected chi connectivity index (χ0v) is 22.0. The lowest BCUT2D eigenvalue weighted by Crippen LogP contribution is -2.34. The quantitative estimate of drug-likeness (QED) is 0.234. The zero-order chi connectivity index (χ0) is 26.6. The number of hydrogen-bond donors (Lipinski definition) is 0. The van der Waals surface area contributed by atoms with Gasteiger partial charge >= 0.3 is 0 Å². The topological polar surface area (TPSA) is 86.3 Å². The molecule has 1 saturated heterocycles. The van der Waals surface area contributed by atoms with Crippen molar-refractivity contribution in [1.82, 2.24) is 24.6 Å². The van der Waals surface area contributed by atoms with E-state index >= 15 is 0 Å². The Morgan fingerprint density at radius 3 is 2.56 bits per heavy atom. The summed E-state index contributed by atoms with van der Waals surface area (Å²) in [6, 6.07) is 19.1. The zero-order valence-electron chi connectivity index (χ0n) is 22.0. The lowest BCUT2D eigenvalue weighted by molar-refractivity contribution is 0.104. The molecule has 0 unspecified atom stereocenters. The molecule has 0 bridgehead atoms. The molecule has 0 N–H and O–H groups in total. The molecule has 0 saturated carbocycles. The van der Waals surface area contributed by atoms with Crippen molar-refractivity contribution in [2.45, 2.75) is 31.7 Å². The second kappa shape index (κ2) is 11.2. The van der Waals surface area contributed by atoms with E-state index in [2.05, 4.69) is 24.6 Å². The Bertz CT molecular complexity index is 1550. The highest BCUT2D eigenvalue weighted by atomic mass is 16.5. The van der Waals surface area contributed by atoms with Crippen molar-refractivity contribution in [1.29, 1.82) is 0 Å². The van der Waals surface area contributed by atoms with Crippen LogP contribution in [-0.2, 0) is 6.54 Å². The molecule has 4 heterocycles. The summed E-state index contributed by atoms with van der Waals surface area (Å²) in [5, 5.41) is 5.10. The molecule has 39 heavy (non-hydrogen) atoms. The van der Waals surface area contributed by atoms with Crippen LogP contribution in [0.15, 0.2) is 83.8 Å². The number of carbonyl (C=O) groups is 1. The first-order chi connectivity index (χ1) is 19.2. The molecule has 1 fully saturated rings. The van der Waals surface area contributed by atoms with Gasteiger partial charge in [-0.25, -0.2) is 0 Å². The van der Waals surface area contributed by atoms with Gasteiger partial charge in [0.05, 0.1) is 12.6 Å². The van der Waals surface area contributed by atoms with Crippen molar-refractivity contribution in [3.63, 3.8) is 0 Å². The van der Waals surface area contributed by atoms with Crippen LogP contribution in [0.3, 0.4) is 0 Å². The van der Waals surface area contributed by atoms with E-state index in [-0.39, 0.29) is 11.7 Å². The number of piperidine rings is 1. The molecule has 8 heteroatoms. The number of fused-ring (bicyclic) bond motifs is 1. The summed E-state index contributed by atoms with van der Waals surface area (Å²) in [4.78, 5) is 24.5. The second-order valence-electron chi connectivity index (χ2n) is 9.95. The van der Waals surface area contributed by atoms with Gasteiger partial charge in [0.1, 0.15) is 5.75 Å². The smallest absolute Gasteiger partial charge is 0.230 e. The van der Waals surface area contributed by atoms with E-state index in [4.69, 9.17) is 9.26 Å². The molecule has 1 aliphatic heterocycles. The largest absolute Gasteiger partial charge is 0.495 e. The van der Waals surface area contributed by atoms with Crippen LogP contribution in [0.1, 0.15) is 47.0 Å². The molecule has 6 rings (SSSR count). The maximum absolute atomic E-state index is 13.3. The molecule has 198 valence electrons. The third-order valence-corrected chi connectivity index (χ3v) is 7.55. The Morgan fingerprint density at radius 2 is 1.79 bits per heavy atom. The van der Waals surface area contributed by atoms with Gasteiger partial charge in [-0.05, 0) is 57.1 Å². The highest BCUT2D eigenvalue weighted by Gasteiger charge is 2.25. The summed E-state index contributed by atoms with van der Waals surface area (Å²) in [6.45, 7) is 3.77. The predicted molar refractivity (Wildman–Crippen MR) is 149 cm³/mol. The number of nitrogens with zero attached hydrogens (tertiary/aromatic N) is 5. The third-order valence-electron chi connectivity index (χ3n) is 7.55. The number of ketones is 1. The highest BCUT2D eigenvalue weighted by Crippen LogP contribution is 2.32. The van der Waals surface area contributed by atoms with Crippen LogP contribution >= 0.6 is 0 Å². The monoisotopic (exact) mass is 521 g/mol. The van der Waals surface area contributed by atoms with Crippen LogP contribution in [0.5, 0.6) is 5.75 Å². The summed E-state index contributed by atoms with van der Waals surface area (Å²) in [7, 11) is 1.68. The van der Waals surface area contributed by atoms with E-state index in [0.29, 0.717) is 17.0 Å². The summed E-state index contributed by atoms with van der Waals surface area (Å²) in [6.07, 6.45) is 8.42. The number of aromatic nitrogens is 4. The van der Waals surface area contributed by atoms with Crippen molar-refractivity contribution >= 4 is 16.7 Å². The predicted octanol–water partition coefficient (Wildman–Crippen LogP) is 5.60. The molecule has 3 aromatic heterocycles. The minimum absolute atomic E-state index is 0.0304. The number of benzene rings is 2. The number of ether oxygens (including phenoxy) is 1. The van der Waals surface area contributed by atoms with Crippen molar-refractivity contribution in [3.05, 3.63) is 96.3 Å². The fraction of sp³-hybridized carbons (Fsp3) is 0.290. The maximum Gasteiger partial charge on any atom is 0.230 e. The molecule has 0 aliphatic carbocycles. The highest BCUT2D eigenvalue weighted by molar-refractivity contribution is 6.17. The first kappa shape index (κ1) is 25.0. The molecule has 0 atom stereocenters. The van der Waals surface area contributed by atoms with Crippen molar-refractivity contribution in [2.24, 2.45) is 0 Å². The van der Waals surface area contributed by atoms with Crippen molar-refractivity contribution < 1.29 is 14.1 Å². The number of hydrogen-bond acceptors (Lipinski definition) is 7. The van der Waals surface area contributed by atoms with Gasteiger partial charge in [0.2, 0.25) is 11.7 Å². The van der Waals surface area contributed by atoms with Gasteiger partial charge in [-0.1, -0.05) is 47.6 Å². The fourth-order valence-corrected chi connectivity index (χ4v) is 5.48. The van der Waals surface area contributed by atoms with Gasteiger partial charge in [-0.2, -0.15) is 4.98 Å². The minimum Gasteiger partial charge on any atom is -0.495 e. The Morgan fingerprint density at radius 1 is 1.00 bits per heavy atom. The molecule has 0 amide bonds. The molecule has 2 aromatic carbocycles. The van der Waals surface area contributed by atoms with Crippen LogP contribution in [-0.4, -0.2) is 57.1 Å². The van der Waals surface area contributed by atoms with Crippen LogP contribution in [0.4, 0.5) is 0 Å². The number of likely N-dealkylation sites (tertiary alicyclic amines) is 1. The Balaban J connectivity index is 1.10. The van der Waals surface area contributed by atoms with Gasteiger partial charge in [-0.15, -0.1) is 0 Å². The maximum atomic E-state index is 13.3. The Labute approximate surface area is 227 Å². The SMILES string of the molecule is COc1cccc2c(C(=O)c3ccccc3)cn(CCCN3CCC(c4nc(-c5ccncc5)no4)CC3)c12. The summed E-state index contributed by atoms with van der Waals surface area (Å²) in [5.41, 5.74) is 3.29. The van der Waals surface area contributed by atoms with Crippen molar-refractivity contribution in [3.8, 4) is 17.1 Å². The van der Waals surface area contributed by atoms with Crippen LogP contribution < -0.4 is 4.74 Å². The number of pyridine rings is 1. The van der Waals surface area contributed by atoms with Crippen LogP contribution in [0, 0.1) is 0 Å². The average molecular weight is 522 g/mol. The molecule has 8 nitrogen and oxygen atoms in total. The average Bonchev–Trinajstić information content (AvgIpc) is 3.64. The first-order valence-corrected chi connectivity index (χ1v) is 13.4. The molecule has 0 radical (unpaired) electrons. The van der Waals surface area contributed by atoms with Crippen molar-refractivity contribution in [2.75, 3.05) is 26.7 Å². The molecular weight excluding hydrogens is 490 g/mol. The standard InChI is InChI=1S/C31H31N5O3/c1-38-27-10-5-9-25-26(29(37)22-7-3-2-4-8-22)21-36(28(25)27)18-6-17-35-19-13-24(14-20-35)31-33-30(34-39-31)23-11-15-32-16-12-23/h2-5,7-12,15-16,21,24H,6,13-14,17-20H2,1H3. The third kappa shape index (κ3) is 5.20. The number of carbonyl (C=O) groups excluding carboxylic acids is 1. The van der Waals surface area contributed by atoms with Crippen LogP contribution in [0.2, 0.25) is 0 Å². The van der Waals surface area contributed by atoms with E-state index in [1.165, 1.54) is 0 Å². The van der Waals surface area contributed by atoms with Gasteiger partial charge in [0, 0.05) is 53.1 Å². The lowest BCUT2D eigenvalue weighted by Gasteiger charge is -2.30. The van der Waals surface area contributed by atoms with E-state index in [9.17, 15) is 4.79 Å². The summed E-state index contributed by atoms with van der Waals surface area (Å²) in [5.74, 6) is 2.44. The molecule has 5 aromatic rings. The fourth-order valence-electron chi connectivity index (χ4n) is 5.48. The second-order valence-corrected chi connectivity index (χ2v) is 9.95. The van der Waals surface area contributed by atoms with E-state index in [1.54, 1.807) is 19.5 Å². The summed E-state index contributed by atoms with van der Waals surface area (Å²) < 4.78 is 13.5. The molecule has 1 aliphatic rings. The number of rotatable bonds is 9. The van der Waals surface area contributed by atoms with Gasteiger partial charge in [0.15, 0.2) is 5.78 Å². The lowest BCUT2D eigenvalue weighted by atomic mass is 9.96. The number of para-hydroxylation sites is 1. The minimum atomic E-state index is 0.0304. The normalized spacial score (nSPS) is 14.6.